The number of rotatable bonds is 6. The standard InChI is InChI=1S/C19H15N3O6S2/c1-27-14-5-3-4-12(16(14)28-2)10-15-18(24)21(19(29)30-15)20-17(23)11-6-8-13(9-7-11)22(25)26/h3-10H,1-2H3,(H,20,23)/b15-10+. The van der Waals surface area contributed by atoms with Crippen molar-refractivity contribution >= 4 is 51.9 Å². The van der Waals surface area contributed by atoms with Gasteiger partial charge in [0.1, 0.15) is 0 Å². The van der Waals surface area contributed by atoms with E-state index in [0.717, 1.165) is 16.8 Å². The number of hydrazine groups is 1. The predicted molar refractivity (Wildman–Crippen MR) is 115 cm³/mol. The lowest BCUT2D eigenvalue weighted by Gasteiger charge is -2.15. The fourth-order valence-electron chi connectivity index (χ4n) is 2.63. The summed E-state index contributed by atoms with van der Waals surface area (Å²) >= 11 is 6.23. The number of ether oxygens (including phenoxy) is 2. The van der Waals surface area contributed by atoms with Gasteiger partial charge in [-0.1, -0.05) is 23.9 Å². The van der Waals surface area contributed by atoms with Crippen molar-refractivity contribution in [3.05, 3.63) is 68.6 Å². The van der Waals surface area contributed by atoms with Crippen molar-refractivity contribution in [3.63, 3.8) is 0 Å². The van der Waals surface area contributed by atoms with Crippen molar-refractivity contribution in [1.82, 2.24) is 10.4 Å². The molecule has 0 spiro atoms. The number of methoxy groups -OCH3 is 2. The normalized spacial score (nSPS) is 14.7. The highest BCUT2D eigenvalue weighted by Crippen LogP contribution is 2.36. The quantitative estimate of drug-likeness (QED) is 0.312. The Morgan fingerprint density at radius 3 is 2.50 bits per heavy atom. The first-order chi connectivity index (χ1) is 14.3. The van der Waals surface area contributed by atoms with E-state index < -0.39 is 16.7 Å². The van der Waals surface area contributed by atoms with Crippen LogP contribution in [0.1, 0.15) is 15.9 Å². The van der Waals surface area contributed by atoms with E-state index in [-0.39, 0.29) is 20.5 Å². The van der Waals surface area contributed by atoms with Gasteiger partial charge in [-0.15, -0.1) is 0 Å². The van der Waals surface area contributed by atoms with Gasteiger partial charge >= 0.3 is 0 Å². The molecule has 1 aliphatic heterocycles. The number of nitrogens with zero attached hydrogens (tertiary/aromatic N) is 2. The zero-order valence-corrected chi connectivity index (χ0v) is 17.4. The van der Waals surface area contributed by atoms with Gasteiger partial charge in [0.15, 0.2) is 15.8 Å². The second-order valence-corrected chi connectivity index (χ2v) is 7.52. The molecule has 2 amide bonds. The summed E-state index contributed by atoms with van der Waals surface area (Å²) in [5.41, 5.74) is 3.04. The molecule has 9 nitrogen and oxygen atoms in total. The molecule has 0 saturated carbocycles. The molecule has 2 aromatic rings. The van der Waals surface area contributed by atoms with Gasteiger partial charge in [0.2, 0.25) is 0 Å². The summed E-state index contributed by atoms with van der Waals surface area (Å²) in [6, 6.07) is 10.2. The maximum Gasteiger partial charge on any atom is 0.285 e. The summed E-state index contributed by atoms with van der Waals surface area (Å²) < 4.78 is 10.8. The van der Waals surface area contributed by atoms with Crippen LogP contribution in [0.3, 0.4) is 0 Å². The second-order valence-electron chi connectivity index (χ2n) is 5.84. The van der Waals surface area contributed by atoms with Gasteiger partial charge in [-0.2, -0.15) is 5.01 Å². The molecule has 0 atom stereocenters. The van der Waals surface area contributed by atoms with Gasteiger partial charge in [-0.3, -0.25) is 25.1 Å². The zero-order valence-electron chi connectivity index (χ0n) is 15.8. The number of non-ortho nitro benzene ring substituents is 1. The third-order valence-corrected chi connectivity index (χ3v) is 5.37. The van der Waals surface area contributed by atoms with Crippen LogP contribution < -0.4 is 14.9 Å². The fourth-order valence-corrected chi connectivity index (χ4v) is 3.80. The number of hydrogen-bond donors (Lipinski definition) is 1. The molecule has 1 aliphatic rings. The number of nitro groups is 1. The van der Waals surface area contributed by atoms with Crippen molar-refractivity contribution in [2.45, 2.75) is 0 Å². The van der Waals surface area contributed by atoms with Gasteiger partial charge in [-0.05, 0) is 36.5 Å². The van der Waals surface area contributed by atoms with E-state index in [9.17, 15) is 19.7 Å². The molecule has 1 saturated heterocycles. The summed E-state index contributed by atoms with van der Waals surface area (Å²) in [6.45, 7) is 0. The number of nitrogens with one attached hydrogen (secondary N) is 1. The van der Waals surface area contributed by atoms with Crippen molar-refractivity contribution in [2.75, 3.05) is 14.2 Å². The van der Waals surface area contributed by atoms with E-state index in [0.29, 0.717) is 17.1 Å². The number of nitro benzene ring substituents is 1. The number of benzene rings is 2. The minimum Gasteiger partial charge on any atom is -0.493 e. The number of carbonyl (C=O) groups is 2. The molecule has 0 unspecified atom stereocenters. The van der Waals surface area contributed by atoms with Crippen LogP contribution in [0.2, 0.25) is 0 Å². The van der Waals surface area contributed by atoms with Gasteiger partial charge in [0, 0.05) is 23.3 Å². The minimum absolute atomic E-state index is 0.142. The molecule has 11 heteroatoms. The summed E-state index contributed by atoms with van der Waals surface area (Å²) in [4.78, 5) is 35.6. The molecule has 30 heavy (non-hydrogen) atoms. The molecule has 2 aromatic carbocycles. The van der Waals surface area contributed by atoms with Crippen molar-refractivity contribution in [3.8, 4) is 11.5 Å². The summed E-state index contributed by atoms with van der Waals surface area (Å²) in [6.07, 6.45) is 1.60. The monoisotopic (exact) mass is 445 g/mol. The van der Waals surface area contributed by atoms with Crippen molar-refractivity contribution in [2.24, 2.45) is 0 Å². The Morgan fingerprint density at radius 1 is 1.20 bits per heavy atom. The molecule has 1 fully saturated rings. The number of hydrogen-bond acceptors (Lipinski definition) is 8. The van der Waals surface area contributed by atoms with E-state index in [1.807, 2.05) is 0 Å². The van der Waals surface area contributed by atoms with Crippen LogP contribution in [0.5, 0.6) is 11.5 Å². The van der Waals surface area contributed by atoms with Crippen LogP contribution >= 0.6 is 24.0 Å². The highest BCUT2D eigenvalue weighted by atomic mass is 32.2. The maximum atomic E-state index is 12.8. The van der Waals surface area contributed by atoms with Crippen LogP contribution in [-0.4, -0.2) is 40.3 Å². The Bertz CT molecular complexity index is 1070. The molecule has 154 valence electrons. The molecule has 1 heterocycles. The van der Waals surface area contributed by atoms with Crippen molar-refractivity contribution in [1.29, 1.82) is 0 Å². The van der Waals surface area contributed by atoms with Gasteiger partial charge in [-0.25, -0.2) is 0 Å². The Labute approximate surface area is 180 Å². The SMILES string of the molecule is COc1cccc(/C=C2/SC(=S)N(NC(=O)c3ccc([N+](=O)[O-])cc3)C2=O)c1OC. The largest absolute Gasteiger partial charge is 0.493 e. The topological polar surface area (TPSA) is 111 Å². The average molecular weight is 445 g/mol. The Morgan fingerprint density at radius 2 is 1.90 bits per heavy atom. The third kappa shape index (κ3) is 4.26. The predicted octanol–water partition coefficient (Wildman–Crippen LogP) is 3.16. The minimum atomic E-state index is -0.624. The first kappa shape index (κ1) is 21.3. The highest BCUT2D eigenvalue weighted by Gasteiger charge is 2.34. The first-order valence-electron chi connectivity index (χ1n) is 8.40. The lowest BCUT2D eigenvalue weighted by molar-refractivity contribution is -0.384. The number of thiocarbonyl (C=S) groups is 1. The zero-order chi connectivity index (χ0) is 21.8. The van der Waals surface area contributed by atoms with Crippen LogP contribution in [-0.2, 0) is 4.79 Å². The number of carbonyl (C=O) groups excluding carboxylic acids is 2. The summed E-state index contributed by atoms with van der Waals surface area (Å²) in [5, 5.41) is 11.7. The summed E-state index contributed by atoms with van der Waals surface area (Å²) in [5.74, 6) is -0.167. The Hall–Kier alpha value is -3.44. The first-order valence-corrected chi connectivity index (χ1v) is 9.62. The van der Waals surface area contributed by atoms with E-state index in [4.69, 9.17) is 21.7 Å². The Kier molecular flexibility index (Phi) is 6.33. The smallest absolute Gasteiger partial charge is 0.285 e. The molecular formula is C19H15N3O6S2. The molecule has 1 N–H and O–H groups in total. The second kappa shape index (κ2) is 8.93. The fraction of sp³-hybridized carbons (Fsp3) is 0.105. The van der Waals surface area contributed by atoms with E-state index in [1.54, 1.807) is 24.3 Å². The van der Waals surface area contributed by atoms with Gasteiger partial charge < -0.3 is 9.47 Å². The van der Waals surface area contributed by atoms with Gasteiger partial charge in [0.05, 0.1) is 24.0 Å². The number of amides is 2. The lowest BCUT2D eigenvalue weighted by atomic mass is 10.1. The maximum absolute atomic E-state index is 12.8. The van der Waals surface area contributed by atoms with E-state index >= 15 is 0 Å². The van der Waals surface area contributed by atoms with E-state index in [1.165, 1.54) is 38.5 Å². The molecule has 0 aromatic heterocycles. The lowest BCUT2D eigenvalue weighted by Crippen LogP contribution is -2.44. The van der Waals surface area contributed by atoms with Crippen LogP contribution in [0.4, 0.5) is 5.69 Å². The summed E-state index contributed by atoms with van der Waals surface area (Å²) in [7, 11) is 3.00. The molecule has 0 aliphatic carbocycles. The number of para-hydroxylation sites is 1. The molecule has 0 bridgehead atoms. The van der Waals surface area contributed by atoms with Crippen LogP contribution in [0.25, 0.3) is 6.08 Å². The average Bonchev–Trinajstić information content (AvgIpc) is 3.00. The number of thioether (sulfide) groups is 1. The Balaban J connectivity index is 1.80. The molecular weight excluding hydrogens is 430 g/mol. The van der Waals surface area contributed by atoms with Gasteiger partial charge in [0.25, 0.3) is 17.5 Å². The highest BCUT2D eigenvalue weighted by molar-refractivity contribution is 8.26. The molecule has 3 rings (SSSR count). The van der Waals surface area contributed by atoms with Crippen LogP contribution in [0.15, 0.2) is 47.4 Å². The van der Waals surface area contributed by atoms with Crippen LogP contribution in [0, 0.1) is 10.1 Å². The molecule has 0 radical (unpaired) electrons. The van der Waals surface area contributed by atoms with E-state index in [2.05, 4.69) is 5.43 Å². The third-order valence-electron chi connectivity index (χ3n) is 4.07. The van der Waals surface area contributed by atoms with Crippen molar-refractivity contribution < 1.29 is 24.0 Å².